The van der Waals surface area contributed by atoms with E-state index >= 15 is 0 Å². The van der Waals surface area contributed by atoms with Gasteiger partial charge in [0, 0.05) is 23.0 Å². The minimum absolute atomic E-state index is 0.0192. The second kappa shape index (κ2) is 4.53. The first-order valence-electron chi connectivity index (χ1n) is 4.98. The van der Waals surface area contributed by atoms with Crippen molar-refractivity contribution in [2.24, 2.45) is 0 Å². The molecular weight excluding hydrogens is 242 g/mol. The summed E-state index contributed by atoms with van der Waals surface area (Å²) in [6.07, 6.45) is -0.491. The third-order valence-electron chi connectivity index (χ3n) is 2.23. The number of aliphatic hydroxyl groups excluding tert-OH is 1. The van der Waals surface area contributed by atoms with Crippen molar-refractivity contribution in [3.05, 3.63) is 22.4 Å². The van der Waals surface area contributed by atoms with E-state index in [1.54, 1.807) is 30.2 Å². The highest BCUT2D eigenvalue weighted by Gasteiger charge is 2.16. The highest BCUT2D eigenvalue weighted by molar-refractivity contribution is 7.27. The van der Waals surface area contributed by atoms with E-state index in [1.807, 2.05) is 17.5 Å². The minimum Gasteiger partial charge on any atom is -0.392 e. The van der Waals surface area contributed by atoms with E-state index in [0.29, 0.717) is 6.54 Å². The average Bonchev–Trinajstić information content (AvgIpc) is 2.74. The van der Waals surface area contributed by atoms with Gasteiger partial charge in [0.1, 0.15) is 0 Å². The standard InChI is InChI=1S/C11H13NO2S2/c1-7(13)6-12(2)11(14)10-5-9-8(16-10)3-4-15-9/h3-5,7,13H,6H2,1-2H3. The molecule has 86 valence electrons. The Hall–Kier alpha value is -0.910. The molecule has 2 aromatic rings. The fraction of sp³-hybridized carbons (Fsp3) is 0.364. The third kappa shape index (κ3) is 2.26. The molecule has 0 aromatic carbocycles. The van der Waals surface area contributed by atoms with Crippen molar-refractivity contribution < 1.29 is 9.90 Å². The number of hydrogen-bond donors (Lipinski definition) is 1. The molecule has 0 radical (unpaired) electrons. The summed E-state index contributed by atoms with van der Waals surface area (Å²) in [7, 11) is 1.71. The van der Waals surface area contributed by atoms with Gasteiger partial charge in [-0.2, -0.15) is 0 Å². The van der Waals surface area contributed by atoms with Gasteiger partial charge in [-0.3, -0.25) is 4.79 Å². The fourth-order valence-corrected chi connectivity index (χ4v) is 3.64. The molecule has 0 spiro atoms. The van der Waals surface area contributed by atoms with E-state index in [-0.39, 0.29) is 5.91 Å². The summed E-state index contributed by atoms with van der Waals surface area (Å²) in [4.78, 5) is 14.3. The number of likely N-dealkylation sites (N-methyl/N-ethyl adjacent to an activating group) is 1. The lowest BCUT2D eigenvalue weighted by molar-refractivity contribution is 0.0708. The molecule has 1 atom stereocenters. The molecule has 1 N–H and O–H groups in total. The van der Waals surface area contributed by atoms with Crippen LogP contribution in [0.15, 0.2) is 17.5 Å². The minimum atomic E-state index is -0.491. The van der Waals surface area contributed by atoms with Crippen LogP contribution < -0.4 is 0 Å². The molecule has 0 bridgehead atoms. The SMILES string of the molecule is CC(O)CN(C)C(=O)c1cc2sccc2s1. The molecule has 2 rings (SSSR count). The Morgan fingerprint density at radius 2 is 2.31 bits per heavy atom. The van der Waals surface area contributed by atoms with Gasteiger partial charge in [0.25, 0.3) is 5.91 Å². The Bertz CT molecular complexity index is 472. The molecule has 1 unspecified atom stereocenters. The van der Waals surface area contributed by atoms with Crippen molar-refractivity contribution in [1.82, 2.24) is 4.90 Å². The van der Waals surface area contributed by atoms with Crippen LogP contribution in [0.1, 0.15) is 16.6 Å². The molecule has 0 aliphatic rings. The van der Waals surface area contributed by atoms with Gasteiger partial charge < -0.3 is 10.0 Å². The number of carbonyl (C=O) groups excluding carboxylic acids is 1. The number of aliphatic hydroxyl groups is 1. The monoisotopic (exact) mass is 255 g/mol. The highest BCUT2D eigenvalue weighted by atomic mass is 32.1. The maximum absolute atomic E-state index is 12.0. The predicted molar refractivity (Wildman–Crippen MR) is 68.3 cm³/mol. The van der Waals surface area contributed by atoms with Gasteiger partial charge in [0.15, 0.2) is 0 Å². The van der Waals surface area contributed by atoms with E-state index < -0.39 is 6.10 Å². The third-order valence-corrected chi connectivity index (χ3v) is 4.32. The number of rotatable bonds is 3. The van der Waals surface area contributed by atoms with Crippen molar-refractivity contribution in [1.29, 1.82) is 0 Å². The molecule has 0 aliphatic carbocycles. The summed E-state index contributed by atoms with van der Waals surface area (Å²) in [5.74, 6) is -0.0192. The van der Waals surface area contributed by atoms with Crippen LogP contribution in [0.4, 0.5) is 0 Å². The number of carbonyl (C=O) groups is 1. The predicted octanol–water partition coefficient (Wildman–Crippen LogP) is 2.42. The van der Waals surface area contributed by atoms with Crippen molar-refractivity contribution in [2.45, 2.75) is 13.0 Å². The smallest absolute Gasteiger partial charge is 0.263 e. The van der Waals surface area contributed by atoms with Gasteiger partial charge in [-0.25, -0.2) is 0 Å². The van der Waals surface area contributed by atoms with Crippen molar-refractivity contribution >= 4 is 38.0 Å². The second-order valence-electron chi connectivity index (χ2n) is 3.79. The Labute approximate surface area is 102 Å². The van der Waals surface area contributed by atoms with Crippen molar-refractivity contribution in [2.75, 3.05) is 13.6 Å². The number of fused-ring (bicyclic) bond motifs is 1. The molecule has 0 saturated heterocycles. The summed E-state index contributed by atoms with van der Waals surface area (Å²) in [6, 6.07) is 3.95. The van der Waals surface area contributed by atoms with E-state index in [4.69, 9.17) is 0 Å². The Kier molecular flexibility index (Phi) is 3.28. The molecule has 2 aromatic heterocycles. The van der Waals surface area contributed by atoms with Gasteiger partial charge in [0.05, 0.1) is 11.0 Å². The van der Waals surface area contributed by atoms with Crippen LogP contribution in [0.3, 0.4) is 0 Å². The van der Waals surface area contributed by atoms with Gasteiger partial charge in [-0.15, -0.1) is 22.7 Å². The quantitative estimate of drug-likeness (QED) is 0.915. The molecule has 0 saturated carbocycles. The normalized spacial score (nSPS) is 12.9. The molecule has 0 fully saturated rings. The summed E-state index contributed by atoms with van der Waals surface area (Å²) in [5, 5.41) is 11.3. The largest absolute Gasteiger partial charge is 0.392 e. The highest BCUT2D eigenvalue weighted by Crippen LogP contribution is 2.30. The summed E-state index contributed by atoms with van der Waals surface area (Å²) < 4.78 is 2.30. The van der Waals surface area contributed by atoms with Crippen LogP contribution in [0.25, 0.3) is 9.40 Å². The molecular formula is C11H13NO2S2. The topological polar surface area (TPSA) is 40.5 Å². The Morgan fingerprint density at radius 3 is 2.94 bits per heavy atom. The summed E-state index contributed by atoms with van der Waals surface area (Å²) in [6.45, 7) is 2.04. The first-order valence-corrected chi connectivity index (χ1v) is 6.68. The summed E-state index contributed by atoms with van der Waals surface area (Å²) in [5.41, 5.74) is 0. The molecule has 1 amide bonds. The van der Waals surface area contributed by atoms with Crippen LogP contribution >= 0.6 is 22.7 Å². The van der Waals surface area contributed by atoms with Crippen LogP contribution in [-0.2, 0) is 0 Å². The van der Waals surface area contributed by atoms with E-state index in [1.165, 1.54) is 11.3 Å². The molecule has 2 heterocycles. The first kappa shape index (κ1) is 11.6. The zero-order valence-electron chi connectivity index (χ0n) is 9.14. The number of thiophene rings is 2. The van der Waals surface area contributed by atoms with Gasteiger partial charge in [0.2, 0.25) is 0 Å². The number of hydrogen-bond acceptors (Lipinski definition) is 4. The Morgan fingerprint density at radius 1 is 1.56 bits per heavy atom. The number of amides is 1. The molecule has 5 heteroatoms. The zero-order chi connectivity index (χ0) is 11.7. The molecule has 16 heavy (non-hydrogen) atoms. The maximum Gasteiger partial charge on any atom is 0.263 e. The summed E-state index contributed by atoms with van der Waals surface area (Å²) >= 11 is 3.15. The number of nitrogens with zero attached hydrogens (tertiary/aromatic N) is 1. The van der Waals surface area contributed by atoms with Crippen molar-refractivity contribution in [3.8, 4) is 0 Å². The molecule has 0 aliphatic heterocycles. The van der Waals surface area contributed by atoms with Crippen molar-refractivity contribution in [3.63, 3.8) is 0 Å². The van der Waals surface area contributed by atoms with Crippen LogP contribution in [-0.4, -0.2) is 35.6 Å². The van der Waals surface area contributed by atoms with Gasteiger partial charge in [-0.05, 0) is 24.4 Å². The lowest BCUT2D eigenvalue weighted by Gasteiger charge is -2.17. The van der Waals surface area contributed by atoms with Crippen LogP contribution in [0, 0.1) is 0 Å². The van der Waals surface area contributed by atoms with E-state index in [9.17, 15) is 9.90 Å². The molecule has 3 nitrogen and oxygen atoms in total. The lowest BCUT2D eigenvalue weighted by Crippen LogP contribution is -2.32. The fourth-order valence-electron chi connectivity index (χ4n) is 1.54. The first-order chi connectivity index (χ1) is 7.58. The van der Waals surface area contributed by atoms with Crippen LogP contribution in [0.2, 0.25) is 0 Å². The second-order valence-corrected chi connectivity index (χ2v) is 5.83. The Balaban J connectivity index is 2.18. The van der Waals surface area contributed by atoms with E-state index in [0.717, 1.165) is 14.3 Å². The van der Waals surface area contributed by atoms with Gasteiger partial charge >= 0.3 is 0 Å². The van der Waals surface area contributed by atoms with E-state index in [2.05, 4.69) is 0 Å². The van der Waals surface area contributed by atoms with Gasteiger partial charge in [-0.1, -0.05) is 0 Å². The zero-order valence-corrected chi connectivity index (χ0v) is 10.8. The lowest BCUT2D eigenvalue weighted by atomic mass is 10.3. The average molecular weight is 255 g/mol. The van der Waals surface area contributed by atoms with Crippen LogP contribution in [0.5, 0.6) is 0 Å². The maximum atomic E-state index is 12.0.